The second-order valence-electron chi connectivity index (χ2n) is 7.90. The first-order valence-electron chi connectivity index (χ1n) is 10.7. The van der Waals surface area contributed by atoms with Crippen molar-refractivity contribution in [3.8, 4) is 22.8 Å². The van der Waals surface area contributed by atoms with Gasteiger partial charge in [-0.3, -0.25) is 9.55 Å². The van der Waals surface area contributed by atoms with Crippen LogP contribution in [-0.4, -0.2) is 29.9 Å². The number of pyridine rings is 1. The fraction of sp³-hybridized carbons (Fsp3) is 0.348. The summed E-state index contributed by atoms with van der Waals surface area (Å²) in [4.78, 5) is 4.28. The van der Waals surface area contributed by atoms with Crippen molar-refractivity contribution in [3.05, 3.63) is 60.7 Å². The van der Waals surface area contributed by atoms with Gasteiger partial charge in [-0.15, -0.1) is 20.4 Å². The van der Waals surface area contributed by atoms with Crippen LogP contribution in [0.15, 0.2) is 64.4 Å². The van der Waals surface area contributed by atoms with Gasteiger partial charge >= 0.3 is 0 Å². The van der Waals surface area contributed by atoms with Crippen LogP contribution >= 0.6 is 11.8 Å². The van der Waals surface area contributed by atoms with Crippen LogP contribution in [0.3, 0.4) is 0 Å². The molecule has 1 saturated carbocycles. The SMILES string of the molecule is CC1CCCCC1n1c(SCc2nnc(-c3ccccc3)o2)nnc1-c1cccnc1. The maximum absolute atomic E-state index is 5.88. The Morgan fingerprint density at radius 1 is 0.968 bits per heavy atom. The third-order valence-corrected chi connectivity index (χ3v) is 6.72. The number of hydrogen-bond donors (Lipinski definition) is 0. The third kappa shape index (κ3) is 4.25. The number of hydrogen-bond acceptors (Lipinski definition) is 7. The summed E-state index contributed by atoms with van der Waals surface area (Å²) in [6, 6.07) is 14.2. The lowest BCUT2D eigenvalue weighted by Gasteiger charge is -2.31. The van der Waals surface area contributed by atoms with E-state index in [1.165, 1.54) is 19.3 Å². The molecule has 2 atom stereocenters. The highest BCUT2D eigenvalue weighted by Crippen LogP contribution is 2.39. The fourth-order valence-corrected chi connectivity index (χ4v) is 5.01. The quantitative estimate of drug-likeness (QED) is 0.375. The highest BCUT2D eigenvalue weighted by Gasteiger charge is 2.29. The summed E-state index contributed by atoms with van der Waals surface area (Å²) in [5.74, 6) is 3.12. The summed E-state index contributed by atoms with van der Waals surface area (Å²) in [5.41, 5.74) is 1.91. The molecule has 31 heavy (non-hydrogen) atoms. The molecule has 2 unspecified atom stereocenters. The van der Waals surface area contributed by atoms with Gasteiger partial charge in [-0.2, -0.15) is 0 Å². The lowest BCUT2D eigenvalue weighted by molar-refractivity contribution is 0.247. The molecular formula is C23H24N6OS. The summed E-state index contributed by atoms with van der Waals surface area (Å²) < 4.78 is 8.18. The Morgan fingerprint density at radius 2 is 1.81 bits per heavy atom. The van der Waals surface area contributed by atoms with Crippen LogP contribution in [0.1, 0.15) is 44.5 Å². The van der Waals surface area contributed by atoms with Crippen molar-refractivity contribution in [3.63, 3.8) is 0 Å². The van der Waals surface area contributed by atoms with Gasteiger partial charge in [0.15, 0.2) is 11.0 Å². The number of benzene rings is 1. The van der Waals surface area contributed by atoms with Gasteiger partial charge in [0.05, 0.1) is 5.75 Å². The molecule has 158 valence electrons. The van der Waals surface area contributed by atoms with E-state index in [9.17, 15) is 0 Å². The molecule has 3 heterocycles. The Hall–Kier alpha value is -3.00. The third-order valence-electron chi connectivity index (χ3n) is 5.79. The van der Waals surface area contributed by atoms with E-state index in [0.717, 1.165) is 28.5 Å². The van der Waals surface area contributed by atoms with E-state index in [-0.39, 0.29) is 0 Å². The van der Waals surface area contributed by atoms with Crippen LogP contribution in [0.2, 0.25) is 0 Å². The van der Waals surface area contributed by atoms with Crippen molar-refractivity contribution in [2.45, 2.75) is 49.6 Å². The Kier molecular flexibility index (Phi) is 5.80. The zero-order chi connectivity index (χ0) is 21.0. The summed E-state index contributed by atoms with van der Waals surface area (Å²) in [6.07, 6.45) is 8.51. The van der Waals surface area contributed by atoms with Crippen LogP contribution in [-0.2, 0) is 5.75 Å². The molecule has 0 spiro atoms. The smallest absolute Gasteiger partial charge is 0.247 e. The van der Waals surface area contributed by atoms with Crippen molar-refractivity contribution < 1.29 is 4.42 Å². The van der Waals surface area contributed by atoms with E-state index in [1.54, 1.807) is 18.0 Å². The second kappa shape index (κ2) is 9.01. The molecular weight excluding hydrogens is 408 g/mol. The highest BCUT2D eigenvalue weighted by atomic mass is 32.2. The maximum Gasteiger partial charge on any atom is 0.247 e. The minimum absolute atomic E-state index is 0.379. The van der Waals surface area contributed by atoms with E-state index in [0.29, 0.717) is 29.5 Å². The van der Waals surface area contributed by atoms with E-state index >= 15 is 0 Å². The molecule has 0 bridgehead atoms. The van der Waals surface area contributed by atoms with Crippen LogP contribution in [0.5, 0.6) is 0 Å². The summed E-state index contributed by atoms with van der Waals surface area (Å²) in [7, 11) is 0. The predicted molar refractivity (Wildman–Crippen MR) is 119 cm³/mol. The molecule has 0 saturated heterocycles. The molecule has 3 aromatic heterocycles. The molecule has 0 amide bonds. The van der Waals surface area contributed by atoms with Gasteiger partial charge in [0, 0.05) is 29.6 Å². The molecule has 1 fully saturated rings. The molecule has 8 heteroatoms. The number of thioether (sulfide) groups is 1. The van der Waals surface area contributed by atoms with Gasteiger partial charge < -0.3 is 4.42 Å². The van der Waals surface area contributed by atoms with Crippen molar-refractivity contribution in [2.75, 3.05) is 0 Å². The number of rotatable bonds is 6. The van der Waals surface area contributed by atoms with Gasteiger partial charge in [-0.25, -0.2) is 0 Å². The van der Waals surface area contributed by atoms with Gasteiger partial charge in [-0.1, -0.05) is 49.7 Å². The molecule has 1 aliphatic rings. The maximum atomic E-state index is 5.88. The van der Waals surface area contributed by atoms with E-state index in [2.05, 4.69) is 36.9 Å². The van der Waals surface area contributed by atoms with Crippen molar-refractivity contribution in [2.24, 2.45) is 5.92 Å². The number of aromatic nitrogens is 6. The average molecular weight is 433 g/mol. The van der Waals surface area contributed by atoms with Crippen LogP contribution in [0.4, 0.5) is 0 Å². The van der Waals surface area contributed by atoms with Crippen LogP contribution in [0, 0.1) is 5.92 Å². The summed E-state index contributed by atoms with van der Waals surface area (Å²) in [5, 5.41) is 18.4. The topological polar surface area (TPSA) is 82.5 Å². The molecule has 4 aromatic rings. The minimum Gasteiger partial charge on any atom is -0.420 e. The zero-order valence-corrected chi connectivity index (χ0v) is 18.2. The Balaban J connectivity index is 1.41. The van der Waals surface area contributed by atoms with E-state index in [4.69, 9.17) is 4.42 Å². The van der Waals surface area contributed by atoms with Gasteiger partial charge in [0.25, 0.3) is 0 Å². The standard InChI is InChI=1S/C23H24N6OS/c1-16-8-5-6-12-19(16)29-21(18-11-7-13-24-14-18)26-28-23(29)31-15-20-25-27-22(30-20)17-9-3-2-4-10-17/h2-4,7,9-11,13-14,16,19H,5-6,8,12,15H2,1H3. The Bertz CT molecular complexity index is 1130. The fourth-order valence-electron chi connectivity index (χ4n) is 4.18. The second-order valence-corrected chi connectivity index (χ2v) is 8.85. The zero-order valence-electron chi connectivity index (χ0n) is 17.4. The van der Waals surface area contributed by atoms with Gasteiger partial charge in [0.1, 0.15) is 0 Å². The Labute approximate surface area is 185 Å². The largest absolute Gasteiger partial charge is 0.420 e. The van der Waals surface area contributed by atoms with Crippen LogP contribution in [0.25, 0.3) is 22.8 Å². The minimum atomic E-state index is 0.379. The lowest BCUT2D eigenvalue weighted by atomic mass is 9.85. The summed E-state index contributed by atoms with van der Waals surface area (Å²) in [6.45, 7) is 2.33. The first-order chi connectivity index (χ1) is 15.3. The average Bonchev–Trinajstić information content (AvgIpc) is 3.46. The van der Waals surface area contributed by atoms with Crippen molar-refractivity contribution in [1.82, 2.24) is 29.9 Å². The Morgan fingerprint density at radius 3 is 2.61 bits per heavy atom. The number of nitrogens with zero attached hydrogens (tertiary/aromatic N) is 6. The molecule has 1 aromatic carbocycles. The van der Waals surface area contributed by atoms with Crippen molar-refractivity contribution >= 4 is 11.8 Å². The monoisotopic (exact) mass is 432 g/mol. The first kappa shape index (κ1) is 19.9. The van der Waals surface area contributed by atoms with Gasteiger partial charge in [0.2, 0.25) is 11.8 Å². The van der Waals surface area contributed by atoms with E-state index < -0.39 is 0 Å². The molecule has 0 aliphatic heterocycles. The van der Waals surface area contributed by atoms with Crippen LogP contribution < -0.4 is 0 Å². The lowest BCUT2D eigenvalue weighted by Crippen LogP contribution is -2.22. The first-order valence-corrected chi connectivity index (χ1v) is 11.6. The summed E-state index contributed by atoms with van der Waals surface area (Å²) >= 11 is 1.59. The normalized spacial score (nSPS) is 18.9. The molecule has 0 N–H and O–H groups in total. The molecule has 0 radical (unpaired) electrons. The molecule has 7 nitrogen and oxygen atoms in total. The predicted octanol–water partition coefficient (Wildman–Crippen LogP) is 5.43. The molecule has 1 aliphatic carbocycles. The highest BCUT2D eigenvalue weighted by molar-refractivity contribution is 7.98. The van der Waals surface area contributed by atoms with E-state index in [1.807, 2.05) is 48.7 Å². The molecule has 5 rings (SSSR count). The van der Waals surface area contributed by atoms with Gasteiger partial charge in [-0.05, 0) is 43.0 Å². The van der Waals surface area contributed by atoms with Crippen molar-refractivity contribution in [1.29, 1.82) is 0 Å².